The topological polar surface area (TPSA) is 0 Å². The molecule has 0 aromatic heterocycles. The van der Waals surface area contributed by atoms with Gasteiger partial charge in [0.1, 0.15) is 23.3 Å². The average molecular weight is 543 g/mol. The summed E-state index contributed by atoms with van der Waals surface area (Å²) in [5.74, 6) is -1.62. The number of rotatable bonds is 9. The fourth-order valence-corrected chi connectivity index (χ4v) is 5.43. The highest BCUT2D eigenvalue weighted by molar-refractivity contribution is 5.73. The number of halogens is 6. The van der Waals surface area contributed by atoms with Gasteiger partial charge in [-0.25, -0.2) is 26.3 Å². The lowest BCUT2D eigenvalue weighted by atomic mass is 9.77. The molecule has 0 N–H and O–H groups in total. The predicted octanol–water partition coefficient (Wildman–Crippen LogP) is 10.5. The Kier molecular flexibility index (Phi) is 9.71. The van der Waals surface area contributed by atoms with Crippen LogP contribution in [-0.4, -0.2) is 6.43 Å². The normalized spacial score (nSPS) is 18.1. The second kappa shape index (κ2) is 13.2. The molecule has 6 heteroatoms. The Labute approximate surface area is 226 Å². The van der Waals surface area contributed by atoms with Crippen molar-refractivity contribution < 1.29 is 26.3 Å². The van der Waals surface area contributed by atoms with E-state index in [9.17, 15) is 22.0 Å². The van der Waals surface area contributed by atoms with E-state index in [0.29, 0.717) is 23.1 Å². The van der Waals surface area contributed by atoms with Crippen LogP contribution >= 0.6 is 0 Å². The van der Waals surface area contributed by atoms with Gasteiger partial charge in [-0.3, -0.25) is 0 Å². The van der Waals surface area contributed by atoms with Crippen molar-refractivity contribution in [2.24, 2.45) is 5.92 Å². The average Bonchev–Trinajstić information content (AvgIpc) is 2.90. The smallest absolute Gasteiger partial charge is 0.207 e. The van der Waals surface area contributed by atoms with Gasteiger partial charge in [0.25, 0.3) is 6.43 Å². The number of hydrogen-bond donors (Lipinski definition) is 0. The Hall–Kier alpha value is -3.28. The van der Waals surface area contributed by atoms with Crippen LogP contribution in [0.3, 0.4) is 0 Å². The molecule has 1 aliphatic rings. The first-order valence-electron chi connectivity index (χ1n) is 13.4. The molecule has 0 atom stereocenters. The van der Waals surface area contributed by atoms with Crippen LogP contribution in [0.1, 0.15) is 73.6 Å². The summed E-state index contributed by atoms with van der Waals surface area (Å²) in [6.07, 6.45) is 8.21. The fourth-order valence-electron chi connectivity index (χ4n) is 5.43. The van der Waals surface area contributed by atoms with Crippen LogP contribution < -0.4 is 0 Å². The zero-order chi connectivity index (χ0) is 27.9. The number of hydrogen-bond acceptors (Lipinski definition) is 0. The highest BCUT2D eigenvalue weighted by atomic mass is 19.3. The number of allylic oxidation sites excluding steroid dienone is 2. The maximum Gasteiger partial charge on any atom is 0.257 e. The van der Waals surface area contributed by atoms with Crippen LogP contribution in [0.25, 0.3) is 23.3 Å². The minimum atomic E-state index is -2.70. The third kappa shape index (κ3) is 7.43. The fraction of sp³-hybridized carbons (Fsp3) is 0.333. The summed E-state index contributed by atoms with van der Waals surface area (Å²) < 4.78 is 83.0. The molecule has 0 unspecified atom stereocenters. The van der Waals surface area contributed by atoms with Crippen LogP contribution in [0.4, 0.5) is 26.3 Å². The molecule has 3 aromatic carbocycles. The third-order valence-corrected chi connectivity index (χ3v) is 7.54. The van der Waals surface area contributed by atoms with Crippen LogP contribution in [0.2, 0.25) is 0 Å². The molecule has 4 rings (SSSR count). The minimum Gasteiger partial charge on any atom is -0.207 e. The van der Waals surface area contributed by atoms with Gasteiger partial charge in [0.15, 0.2) is 0 Å². The molecule has 3 aromatic rings. The van der Waals surface area contributed by atoms with Gasteiger partial charge in [-0.1, -0.05) is 62.3 Å². The Morgan fingerprint density at radius 2 is 1.51 bits per heavy atom. The summed E-state index contributed by atoms with van der Waals surface area (Å²) in [6.45, 7) is 2.20. The Morgan fingerprint density at radius 3 is 2.13 bits per heavy atom. The van der Waals surface area contributed by atoms with Crippen molar-refractivity contribution in [1.29, 1.82) is 0 Å². The number of benzene rings is 3. The highest BCUT2D eigenvalue weighted by Crippen LogP contribution is 2.38. The van der Waals surface area contributed by atoms with E-state index in [1.165, 1.54) is 50.0 Å². The summed E-state index contributed by atoms with van der Waals surface area (Å²) in [5.41, 5.74) is 1.70. The van der Waals surface area contributed by atoms with Gasteiger partial charge in [0.05, 0.1) is 0 Å². The van der Waals surface area contributed by atoms with Crippen LogP contribution in [0, 0.1) is 29.2 Å². The van der Waals surface area contributed by atoms with Gasteiger partial charge >= 0.3 is 0 Å². The molecule has 0 amide bonds. The van der Waals surface area contributed by atoms with Gasteiger partial charge in [-0.05, 0) is 91.0 Å². The zero-order valence-corrected chi connectivity index (χ0v) is 21.9. The van der Waals surface area contributed by atoms with E-state index in [2.05, 4.69) is 6.92 Å². The summed E-state index contributed by atoms with van der Waals surface area (Å²) in [4.78, 5) is 0. The molecule has 0 radical (unpaired) electrons. The van der Waals surface area contributed by atoms with Crippen molar-refractivity contribution in [2.75, 3.05) is 0 Å². The van der Waals surface area contributed by atoms with E-state index in [0.717, 1.165) is 42.5 Å². The van der Waals surface area contributed by atoms with E-state index in [1.807, 2.05) is 6.07 Å². The summed E-state index contributed by atoms with van der Waals surface area (Å²) in [7, 11) is 0. The lowest BCUT2D eigenvalue weighted by Crippen LogP contribution is -2.13. The molecule has 39 heavy (non-hydrogen) atoms. The van der Waals surface area contributed by atoms with Crippen molar-refractivity contribution in [3.63, 3.8) is 0 Å². The quantitative estimate of drug-likeness (QED) is 0.143. The van der Waals surface area contributed by atoms with Crippen molar-refractivity contribution in [2.45, 2.75) is 64.2 Å². The van der Waals surface area contributed by atoms with Crippen molar-refractivity contribution in [3.8, 4) is 11.1 Å². The first-order valence-corrected chi connectivity index (χ1v) is 13.4. The Balaban J connectivity index is 1.46. The maximum absolute atomic E-state index is 15.1. The largest absolute Gasteiger partial charge is 0.257 e. The first kappa shape index (κ1) is 28.7. The highest BCUT2D eigenvalue weighted by Gasteiger charge is 2.22. The summed E-state index contributed by atoms with van der Waals surface area (Å²) in [5, 5.41) is 0. The van der Waals surface area contributed by atoms with Gasteiger partial charge < -0.3 is 0 Å². The Bertz CT molecular complexity index is 1310. The monoisotopic (exact) mass is 542 g/mol. The van der Waals surface area contributed by atoms with E-state index in [4.69, 9.17) is 0 Å². The van der Waals surface area contributed by atoms with E-state index in [-0.39, 0.29) is 28.9 Å². The lowest BCUT2D eigenvalue weighted by Gasteiger charge is -2.28. The molecule has 1 aliphatic carbocycles. The van der Waals surface area contributed by atoms with Gasteiger partial charge in [0, 0.05) is 16.7 Å². The SMILES string of the molecule is CCCC1CCC(c2ccc(-c3ccc(C=Cc4cc(F)c(CC=CC(F)F)c(F)c4)c(F)c3)c(F)c2)CC1. The molecule has 0 saturated heterocycles. The summed E-state index contributed by atoms with van der Waals surface area (Å²) >= 11 is 0. The molecule has 0 bridgehead atoms. The molecule has 0 aliphatic heterocycles. The molecular formula is C33H32F6. The molecule has 0 nitrogen and oxygen atoms in total. The van der Waals surface area contributed by atoms with E-state index >= 15 is 4.39 Å². The molecule has 206 valence electrons. The maximum atomic E-state index is 15.1. The molecule has 0 heterocycles. The zero-order valence-electron chi connectivity index (χ0n) is 21.9. The van der Waals surface area contributed by atoms with Crippen LogP contribution in [0.15, 0.2) is 60.7 Å². The van der Waals surface area contributed by atoms with Crippen molar-refractivity contribution in [3.05, 3.63) is 106 Å². The molecular weight excluding hydrogens is 510 g/mol. The molecule has 1 saturated carbocycles. The van der Waals surface area contributed by atoms with E-state index in [1.54, 1.807) is 18.2 Å². The minimum absolute atomic E-state index is 0.153. The predicted molar refractivity (Wildman–Crippen MR) is 146 cm³/mol. The van der Waals surface area contributed by atoms with E-state index < -0.39 is 23.9 Å². The Morgan fingerprint density at radius 1 is 0.795 bits per heavy atom. The second-order valence-corrected chi connectivity index (χ2v) is 10.2. The second-order valence-electron chi connectivity index (χ2n) is 10.2. The lowest BCUT2D eigenvalue weighted by molar-refractivity contribution is 0.204. The third-order valence-electron chi connectivity index (χ3n) is 7.54. The standard InChI is InChI=1S/C33H32F6/c1-2-4-21-7-10-23(11-8-21)25-15-16-27(32(37)19-25)26-14-13-24(29(34)20-26)12-9-22-17-30(35)28(31(36)18-22)5-3-6-33(38)39/h3,6,9,12-21,23,33H,2,4-5,7-8,10-11H2,1H3. The number of alkyl halides is 2. The van der Waals surface area contributed by atoms with Crippen LogP contribution in [-0.2, 0) is 6.42 Å². The van der Waals surface area contributed by atoms with Gasteiger partial charge in [-0.15, -0.1) is 0 Å². The first-order chi connectivity index (χ1) is 18.7. The van der Waals surface area contributed by atoms with Gasteiger partial charge in [0.2, 0.25) is 0 Å². The van der Waals surface area contributed by atoms with Gasteiger partial charge in [-0.2, -0.15) is 0 Å². The van der Waals surface area contributed by atoms with Crippen molar-refractivity contribution in [1.82, 2.24) is 0 Å². The molecule has 1 fully saturated rings. The van der Waals surface area contributed by atoms with Crippen molar-refractivity contribution >= 4 is 12.2 Å². The van der Waals surface area contributed by atoms with Crippen LogP contribution in [0.5, 0.6) is 0 Å². The molecule has 0 spiro atoms. The summed E-state index contributed by atoms with van der Waals surface area (Å²) in [6, 6.07) is 11.7.